The quantitative estimate of drug-likeness (QED) is 0.673. The minimum Gasteiger partial charge on any atom is -0.242 e. The molecule has 16 heavy (non-hydrogen) atoms. The van der Waals surface area contributed by atoms with Gasteiger partial charge in [0.05, 0.1) is 0 Å². The van der Waals surface area contributed by atoms with Crippen LogP contribution in [0.15, 0.2) is 0 Å². The smallest absolute Gasteiger partial charge is 0.0274 e. The molecule has 3 fully saturated rings. The Hall–Kier alpha value is -0.0800. The van der Waals surface area contributed by atoms with Gasteiger partial charge in [-0.15, -0.1) is 0 Å². The molecule has 0 aromatic carbocycles. The monoisotopic (exact) mass is 222 g/mol. The Labute approximate surface area is 100.0 Å². The first-order valence-corrected chi connectivity index (χ1v) is 7.46. The molecule has 0 radical (unpaired) electrons. The highest BCUT2D eigenvalue weighted by atomic mass is 15.6. The van der Waals surface area contributed by atoms with Crippen LogP contribution >= 0.6 is 0 Å². The van der Waals surface area contributed by atoms with Crippen molar-refractivity contribution in [3.05, 3.63) is 0 Å². The number of hydrogen-bond acceptors (Lipinski definition) is 2. The Morgan fingerprint density at radius 3 is 2.25 bits per heavy atom. The summed E-state index contributed by atoms with van der Waals surface area (Å²) >= 11 is 0. The van der Waals surface area contributed by atoms with Crippen molar-refractivity contribution in [2.75, 3.05) is 19.6 Å². The van der Waals surface area contributed by atoms with Gasteiger partial charge in [0.15, 0.2) is 0 Å². The fourth-order valence-corrected chi connectivity index (χ4v) is 4.08. The van der Waals surface area contributed by atoms with Crippen LogP contribution in [-0.2, 0) is 0 Å². The van der Waals surface area contributed by atoms with Gasteiger partial charge >= 0.3 is 0 Å². The molecule has 0 amide bonds. The zero-order valence-corrected chi connectivity index (χ0v) is 10.5. The second kappa shape index (κ2) is 5.05. The van der Waals surface area contributed by atoms with Crippen molar-refractivity contribution in [1.82, 2.24) is 10.0 Å². The van der Waals surface area contributed by atoms with Gasteiger partial charge in [0.1, 0.15) is 0 Å². The summed E-state index contributed by atoms with van der Waals surface area (Å²) in [6.45, 7) is 4.02. The van der Waals surface area contributed by atoms with Gasteiger partial charge in [-0.1, -0.05) is 19.3 Å². The van der Waals surface area contributed by atoms with Crippen molar-refractivity contribution in [3.8, 4) is 0 Å². The summed E-state index contributed by atoms with van der Waals surface area (Å²) < 4.78 is 0. The van der Waals surface area contributed by atoms with Crippen LogP contribution in [0.2, 0.25) is 0 Å². The highest BCUT2D eigenvalue weighted by Gasteiger charge is 2.36. The minimum atomic E-state index is 0.917. The molecule has 92 valence electrons. The van der Waals surface area contributed by atoms with Crippen LogP contribution in [0.25, 0.3) is 0 Å². The lowest BCUT2D eigenvalue weighted by molar-refractivity contribution is -0.117. The highest BCUT2D eigenvalue weighted by Crippen LogP contribution is 2.36. The van der Waals surface area contributed by atoms with Crippen molar-refractivity contribution in [1.29, 1.82) is 0 Å². The number of hydrazine groups is 1. The van der Waals surface area contributed by atoms with Crippen molar-refractivity contribution < 1.29 is 0 Å². The van der Waals surface area contributed by atoms with Crippen LogP contribution in [0.5, 0.6) is 0 Å². The summed E-state index contributed by atoms with van der Waals surface area (Å²) in [5.41, 5.74) is 0. The predicted octanol–water partition coefficient (Wildman–Crippen LogP) is 3.04. The van der Waals surface area contributed by atoms with Crippen LogP contribution in [0, 0.1) is 5.92 Å². The average molecular weight is 222 g/mol. The van der Waals surface area contributed by atoms with Crippen LogP contribution in [0.4, 0.5) is 0 Å². The second-order valence-electron chi connectivity index (χ2n) is 5.93. The lowest BCUT2D eigenvalue weighted by Gasteiger charge is -2.49. The van der Waals surface area contributed by atoms with Crippen molar-refractivity contribution in [2.24, 2.45) is 5.92 Å². The normalized spacial score (nSPS) is 38.2. The molecule has 2 saturated heterocycles. The van der Waals surface area contributed by atoms with Gasteiger partial charge < -0.3 is 0 Å². The summed E-state index contributed by atoms with van der Waals surface area (Å²) in [7, 11) is 0. The zero-order valence-electron chi connectivity index (χ0n) is 10.5. The van der Waals surface area contributed by atoms with Gasteiger partial charge in [-0.05, 0) is 44.4 Å². The third kappa shape index (κ3) is 2.14. The molecule has 0 N–H and O–H groups in total. The van der Waals surface area contributed by atoms with Gasteiger partial charge in [-0.3, -0.25) is 0 Å². The van der Waals surface area contributed by atoms with E-state index in [0.29, 0.717) is 0 Å². The average Bonchev–Trinajstić information content (AvgIpc) is 2.39. The maximum absolute atomic E-state index is 2.78. The summed E-state index contributed by atoms with van der Waals surface area (Å²) in [6, 6.07) is 0.917. The van der Waals surface area contributed by atoms with Crippen LogP contribution in [-0.4, -0.2) is 35.7 Å². The van der Waals surface area contributed by atoms with E-state index in [4.69, 9.17) is 0 Å². The Morgan fingerprint density at radius 2 is 1.38 bits per heavy atom. The van der Waals surface area contributed by atoms with E-state index in [1.165, 1.54) is 77.4 Å². The van der Waals surface area contributed by atoms with E-state index in [1.807, 2.05) is 0 Å². The fraction of sp³-hybridized carbons (Fsp3) is 1.00. The third-order valence-electron chi connectivity index (χ3n) is 4.91. The molecule has 2 heterocycles. The highest BCUT2D eigenvalue weighted by molar-refractivity contribution is 4.86. The number of piperidine rings is 2. The SMILES string of the molecule is C1CCN(N2CCCC3CCCCC32)CC1. The largest absolute Gasteiger partial charge is 0.242 e. The van der Waals surface area contributed by atoms with E-state index in [0.717, 1.165) is 12.0 Å². The summed E-state index contributed by atoms with van der Waals surface area (Å²) in [4.78, 5) is 0. The molecule has 0 aromatic heterocycles. The molecule has 0 spiro atoms. The third-order valence-corrected chi connectivity index (χ3v) is 4.91. The molecule has 2 atom stereocenters. The maximum Gasteiger partial charge on any atom is 0.0274 e. The lowest BCUT2D eigenvalue weighted by atomic mass is 9.79. The van der Waals surface area contributed by atoms with Gasteiger partial charge in [0.25, 0.3) is 0 Å². The molecular weight excluding hydrogens is 196 g/mol. The van der Waals surface area contributed by atoms with Gasteiger partial charge in [-0.2, -0.15) is 0 Å². The summed E-state index contributed by atoms with van der Waals surface area (Å²) in [5, 5.41) is 5.48. The van der Waals surface area contributed by atoms with Crippen LogP contribution in [0.3, 0.4) is 0 Å². The van der Waals surface area contributed by atoms with Gasteiger partial charge in [0, 0.05) is 25.7 Å². The van der Waals surface area contributed by atoms with Crippen LogP contribution in [0.1, 0.15) is 57.8 Å². The number of hydrogen-bond donors (Lipinski definition) is 0. The molecular formula is C14H26N2. The molecule has 2 heteroatoms. The molecule has 3 rings (SSSR count). The van der Waals surface area contributed by atoms with Gasteiger partial charge in [-0.25, -0.2) is 10.0 Å². The first-order chi connectivity index (χ1) is 7.95. The van der Waals surface area contributed by atoms with E-state index in [2.05, 4.69) is 10.0 Å². The first kappa shape index (κ1) is 11.0. The fourth-order valence-electron chi connectivity index (χ4n) is 4.08. The lowest BCUT2D eigenvalue weighted by Crippen LogP contribution is -2.56. The molecule has 2 nitrogen and oxygen atoms in total. The molecule has 3 aliphatic rings. The Morgan fingerprint density at radius 1 is 0.625 bits per heavy atom. The molecule has 1 aliphatic carbocycles. The van der Waals surface area contributed by atoms with E-state index < -0.39 is 0 Å². The topological polar surface area (TPSA) is 6.48 Å². The standard InChI is InChI=1S/C14H26N2/c1-4-10-15(11-5-1)16-12-6-8-13-7-2-3-9-14(13)16/h13-14H,1-12H2. The van der Waals surface area contributed by atoms with Crippen molar-refractivity contribution in [3.63, 3.8) is 0 Å². The van der Waals surface area contributed by atoms with E-state index >= 15 is 0 Å². The summed E-state index contributed by atoms with van der Waals surface area (Å²) in [5.74, 6) is 1.03. The predicted molar refractivity (Wildman–Crippen MR) is 67.1 cm³/mol. The zero-order chi connectivity index (χ0) is 10.8. The maximum atomic E-state index is 2.78. The minimum absolute atomic E-state index is 0.917. The summed E-state index contributed by atoms with van der Waals surface area (Å²) in [6.07, 6.45) is 13.2. The first-order valence-electron chi connectivity index (χ1n) is 7.46. The molecule has 0 bridgehead atoms. The Bertz CT molecular complexity index is 221. The number of rotatable bonds is 1. The van der Waals surface area contributed by atoms with Gasteiger partial charge in [0.2, 0.25) is 0 Å². The molecule has 2 aliphatic heterocycles. The second-order valence-corrected chi connectivity index (χ2v) is 5.93. The van der Waals surface area contributed by atoms with Crippen LogP contribution < -0.4 is 0 Å². The Balaban J connectivity index is 1.67. The van der Waals surface area contributed by atoms with E-state index in [1.54, 1.807) is 0 Å². The Kier molecular flexibility index (Phi) is 3.49. The van der Waals surface area contributed by atoms with Crippen molar-refractivity contribution in [2.45, 2.75) is 63.8 Å². The number of nitrogens with zero attached hydrogens (tertiary/aromatic N) is 2. The van der Waals surface area contributed by atoms with E-state index in [9.17, 15) is 0 Å². The molecule has 1 saturated carbocycles. The molecule has 2 unspecified atom stereocenters. The van der Waals surface area contributed by atoms with E-state index in [-0.39, 0.29) is 0 Å². The number of fused-ring (bicyclic) bond motifs is 1. The van der Waals surface area contributed by atoms with Crippen molar-refractivity contribution >= 4 is 0 Å². The molecule has 0 aromatic rings.